The van der Waals surface area contributed by atoms with Crippen LogP contribution < -0.4 is 5.32 Å². The maximum Gasteiger partial charge on any atom is 0.0700 e. The van der Waals surface area contributed by atoms with Crippen LogP contribution in [-0.4, -0.2) is 49.0 Å². The summed E-state index contributed by atoms with van der Waals surface area (Å²) in [6.45, 7) is 3.31. The molecule has 1 heterocycles. The Morgan fingerprint density at radius 3 is 3.07 bits per heavy atom. The Kier molecular flexibility index (Phi) is 7.50. The molecule has 1 saturated heterocycles. The van der Waals surface area contributed by atoms with Crippen molar-refractivity contribution >= 4 is 11.8 Å². The van der Waals surface area contributed by atoms with Gasteiger partial charge in [0, 0.05) is 32.1 Å². The van der Waals surface area contributed by atoms with E-state index in [0.29, 0.717) is 12.7 Å². The number of aliphatic hydroxyl groups is 1. The van der Waals surface area contributed by atoms with Gasteiger partial charge < -0.3 is 15.2 Å². The smallest absolute Gasteiger partial charge is 0.0700 e. The van der Waals surface area contributed by atoms with Crippen LogP contribution in [-0.2, 0) is 4.74 Å². The fraction of sp³-hybridized carbons (Fsp3) is 1.00. The molecule has 1 aliphatic rings. The van der Waals surface area contributed by atoms with E-state index in [0.717, 1.165) is 37.6 Å². The number of thioether (sulfide) groups is 1. The van der Waals surface area contributed by atoms with E-state index in [9.17, 15) is 0 Å². The van der Waals surface area contributed by atoms with Crippen molar-refractivity contribution in [2.24, 2.45) is 0 Å². The Labute approximate surface area is 90.6 Å². The van der Waals surface area contributed by atoms with Crippen molar-refractivity contribution in [2.45, 2.75) is 25.4 Å². The van der Waals surface area contributed by atoms with Crippen molar-refractivity contribution in [1.29, 1.82) is 0 Å². The van der Waals surface area contributed by atoms with Crippen LogP contribution in [0.5, 0.6) is 0 Å². The topological polar surface area (TPSA) is 41.5 Å². The molecule has 0 spiro atoms. The number of hydrogen-bond acceptors (Lipinski definition) is 4. The van der Waals surface area contributed by atoms with E-state index in [-0.39, 0.29) is 0 Å². The molecule has 4 heteroatoms. The first-order valence-corrected chi connectivity index (χ1v) is 6.60. The maximum absolute atomic E-state index is 8.57. The molecule has 0 radical (unpaired) electrons. The van der Waals surface area contributed by atoms with Gasteiger partial charge in [-0.3, -0.25) is 0 Å². The Balaban J connectivity index is 1.75. The maximum atomic E-state index is 8.57. The molecule has 14 heavy (non-hydrogen) atoms. The van der Waals surface area contributed by atoms with E-state index >= 15 is 0 Å². The summed E-state index contributed by atoms with van der Waals surface area (Å²) in [5.74, 6) is 2.20. The van der Waals surface area contributed by atoms with Gasteiger partial charge in [0.05, 0.1) is 6.10 Å². The Hall–Kier alpha value is 0.230. The lowest BCUT2D eigenvalue weighted by molar-refractivity contribution is 0.110. The van der Waals surface area contributed by atoms with Gasteiger partial charge in [0.25, 0.3) is 0 Å². The van der Waals surface area contributed by atoms with Gasteiger partial charge >= 0.3 is 0 Å². The zero-order valence-electron chi connectivity index (χ0n) is 8.71. The van der Waals surface area contributed by atoms with Gasteiger partial charge in [-0.1, -0.05) is 0 Å². The molecule has 0 amide bonds. The Bertz CT molecular complexity index is 129. The summed E-state index contributed by atoms with van der Waals surface area (Å²) >= 11 is 1.90. The second-order valence-corrected chi connectivity index (χ2v) is 4.75. The van der Waals surface area contributed by atoms with Gasteiger partial charge in [-0.05, 0) is 25.0 Å². The van der Waals surface area contributed by atoms with Crippen molar-refractivity contribution in [2.75, 3.05) is 37.8 Å². The molecule has 0 aromatic carbocycles. The molecule has 1 unspecified atom stereocenters. The third-order valence-corrected chi connectivity index (χ3v) is 3.34. The Morgan fingerprint density at radius 2 is 2.36 bits per heavy atom. The lowest BCUT2D eigenvalue weighted by atomic mass is 10.2. The number of rotatable bonds is 8. The van der Waals surface area contributed by atoms with Crippen LogP contribution in [0, 0.1) is 0 Å². The molecule has 84 valence electrons. The highest BCUT2D eigenvalue weighted by molar-refractivity contribution is 7.99. The summed E-state index contributed by atoms with van der Waals surface area (Å²) in [5, 5.41) is 12.0. The van der Waals surface area contributed by atoms with Crippen LogP contribution >= 0.6 is 11.8 Å². The van der Waals surface area contributed by atoms with Crippen molar-refractivity contribution < 1.29 is 9.84 Å². The second kappa shape index (κ2) is 8.53. The van der Waals surface area contributed by atoms with Crippen molar-refractivity contribution in [1.82, 2.24) is 5.32 Å². The van der Waals surface area contributed by atoms with E-state index in [2.05, 4.69) is 5.32 Å². The lowest BCUT2D eigenvalue weighted by Gasteiger charge is -2.10. The van der Waals surface area contributed by atoms with Crippen LogP contribution in [0.25, 0.3) is 0 Å². The van der Waals surface area contributed by atoms with Crippen molar-refractivity contribution in [3.63, 3.8) is 0 Å². The van der Waals surface area contributed by atoms with Gasteiger partial charge in [0.1, 0.15) is 0 Å². The van der Waals surface area contributed by atoms with E-state index < -0.39 is 0 Å². The van der Waals surface area contributed by atoms with Crippen molar-refractivity contribution in [3.8, 4) is 0 Å². The summed E-state index contributed by atoms with van der Waals surface area (Å²) in [6.07, 6.45) is 3.80. The minimum absolute atomic E-state index is 0.316. The van der Waals surface area contributed by atoms with Crippen molar-refractivity contribution in [3.05, 3.63) is 0 Å². The molecule has 0 bridgehead atoms. The summed E-state index contributed by atoms with van der Waals surface area (Å²) in [7, 11) is 0. The quantitative estimate of drug-likeness (QED) is 0.594. The zero-order valence-corrected chi connectivity index (χ0v) is 9.52. The first-order chi connectivity index (χ1) is 6.93. The predicted molar refractivity (Wildman–Crippen MR) is 60.9 cm³/mol. The van der Waals surface area contributed by atoms with E-state index in [4.69, 9.17) is 9.84 Å². The summed E-state index contributed by atoms with van der Waals surface area (Å²) < 4.78 is 5.50. The minimum atomic E-state index is 0.316. The molecular weight excluding hydrogens is 198 g/mol. The first-order valence-electron chi connectivity index (χ1n) is 5.44. The highest BCUT2D eigenvalue weighted by Gasteiger charge is 2.13. The lowest BCUT2D eigenvalue weighted by Crippen LogP contribution is -2.28. The van der Waals surface area contributed by atoms with E-state index in [1.807, 2.05) is 11.8 Å². The van der Waals surface area contributed by atoms with Crippen LogP contribution in [0.15, 0.2) is 0 Å². The third kappa shape index (κ3) is 5.86. The van der Waals surface area contributed by atoms with Gasteiger partial charge in [0.15, 0.2) is 0 Å². The van der Waals surface area contributed by atoms with Crippen LogP contribution in [0.3, 0.4) is 0 Å². The average Bonchev–Trinajstić information content (AvgIpc) is 2.69. The Morgan fingerprint density at radius 1 is 1.43 bits per heavy atom. The highest BCUT2D eigenvalue weighted by atomic mass is 32.2. The number of nitrogens with one attached hydrogen (secondary N) is 1. The molecular formula is C10H21NO2S. The molecule has 1 aliphatic heterocycles. The largest absolute Gasteiger partial charge is 0.396 e. The van der Waals surface area contributed by atoms with Gasteiger partial charge in [0.2, 0.25) is 0 Å². The van der Waals surface area contributed by atoms with Crippen LogP contribution in [0.1, 0.15) is 19.3 Å². The molecule has 0 aromatic heterocycles. The first kappa shape index (κ1) is 12.3. The summed E-state index contributed by atoms with van der Waals surface area (Å²) in [4.78, 5) is 0. The fourth-order valence-corrected chi connectivity index (χ4v) is 2.31. The average molecular weight is 219 g/mol. The van der Waals surface area contributed by atoms with E-state index in [1.165, 1.54) is 12.8 Å². The van der Waals surface area contributed by atoms with Gasteiger partial charge in [-0.2, -0.15) is 11.8 Å². The zero-order chi connectivity index (χ0) is 10.1. The summed E-state index contributed by atoms with van der Waals surface area (Å²) in [5.41, 5.74) is 0. The third-order valence-electron chi connectivity index (χ3n) is 2.27. The van der Waals surface area contributed by atoms with E-state index in [1.54, 1.807) is 0 Å². The fourth-order valence-electron chi connectivity index (χ4n) is 1.48. The van der Waals surface area contributed by atoms with Gasteiger partial charge in [-0.25, -0.2) is 0 Å². The number of hydrogen-bond donors (Lipinski definition) is 2. The number of aliphatic hydroxyl groups excluding tert-OH is 1. The SMILES string of the molecule is OCCCSCCNCC1CCCO1. The number of ether oxygens (including phenoxy) is 1. The molecule has 0 aromatic rings. The predicted octanol–water partition coefficient (Wildman–Crippen LogP) is 0.871. The molecule has 2 N–H and O–H groups in total. The monoisotopic (exact) mass is 219 g/mol. The highest BCUT2D eigenvalue weighted by Crippen LogP contribution is 2.10. The molecule has 0 saturated carbocycles. The molecule has 3 nitrogen and oxygen atoms in total. The van der Waals surface area contributed by atoms with Crippen LogP contribution in [0.2, 0.25) is 0 Å². The normalized spacial score (nSPS) is 21.6. The summed E-state index contributed by atoms with van der Waals surface area (Å²) in [6, 6.07) is 0. The molecule has 0 aliphatic carbocycles. The molecule has 1 rings (SSSR count). The minimum Gasteiger partial charge on any atom is -0.396 e. The molecule has 1 atom stereocenters. The second-order valence-electron chi connectivity index (χ2n) is 3.53. The van der Waals surface area contributed by atoms with Gasteiger partial charge in [-0.15, -0.1) is 0 Å². The van der Waals surface area contributed by atoms with Crippen LogP contribution in [0.4, 0.5) is 0 Å². The molecule has 1 fully saturated rings. The standard InChI is InChI=1S/C10H21NO2S/c12-5-2-7-14-8-4-11-9-10-3-1-6-13-10/h10-12H,1-9H2.